The van der Waals surface area contributed by atoms with Gasteiger partial charge in [0.15, 0.2) is 5.60 Å². The lowest BCUT2D eigenvalue weighted by Crippen LogP contribution is -2.70. The van der Waals surface area contributed by atoms with Crippen molar-refractivity contribution >= 4 is 23.9 Å². The van der Waals surface area contributed by atoms with Gasteiger partial charge in [-0.25, -0.2) is 14.4 Å². The van der Waals surface area contributed by atoms with Gasteiger partial charge in [0.1, 0.15) is 6.61 Å². The molecule has 0 aromatic heterocycles. The Kier molecular flexibility index (Phi) is 6.25. The number of carbonyl (C=O) groups is 4. The standard InChI is InChI=1S/C24H24N2O8/c1-2-33-21(28)19(20(27)26-12-24(32,13-26)22(29)30)25-23(31)34-11-18-16-9-5-3-7-14(16)15-8-4-6-10-17(15)18/h3-10,18-19,32H,2,11-13H2,1H3,(H,25,31)(H,29,30). The Bertz CT molecular complexity index is 1100. The summed E-state index contributed by atoms with van der Waals surface area (Å²) >= 11 is 0. The van der Waals surface area contributed by atoms with Gasteiger partial charge < -0.3 is 24.6 Å². The Morgan fingerprint density at radius 2 is 1.59 bits per heavy atom. The van der Waals surface area contributed by atoms with Crippen molar-refractivity contribution < 1.29 is 38.9 Å². The number of nitrogens with one attached hydrogen (secondary N) is 1. The van der Waals surface area contributed by atoms with Crippen molar-refractivity contribution in [1.29, 1.82) is 0 Å². The van der Waals surface area contributed by atoms with Gasteiger partial charge in [0, 0.05) is 5.92 Å². The zero-order chi connectivity index (χ0) is 24.5. The maximum absolute atomic E-state index is 12.7. The Hall–Kier alpha value is -3.92. The first kappa shape index (κ1) is 23.2. The Balaban J connectivity index is 1.43. The van der Waals surface area contributed by atoms with Gasteiger partial charge in [-0.1, -0.05) is 48.5 Å². The molecule has 1 aliphatic heterocycles. The molecule has 0 spiro atoms. The molecule has 0 radical (unpaired) electrons. The number of rotatable bonds is 7. The number of hydrogen-bond acceptors (Lipinski definition) is 7. The third kappa shape index (κ3) is 4.19. The van der Waals surface area contributed by atoms with Gasteiger partial charge in [-0.3, -0.25) is 10.1 Å². The van der Waals surface area contributed by atoms with Gasteiger partial charge in [0.25, 0.3) is 5.91 Å². The topological polar surface area (TPSA) is 142 Å². The fourth-order valence-electron chi connectivity index (χ4n) is 4.26. The first-order valence-corrected chi connectivity index (χ1v) is 10.8. The largest absolute Gasteiger partial charge is 0.479 e. The summed E-state index contributed by atoms with van der Waals surface area (Å²) < 4.78 is 10.3. The minimum absolute atomic E-state index is 0.0218. The number of aliphatic carboxylic acids is 1. The lowest BCUT2D eigenvalue weighted by Gasteiger charge is -2.44. The molecule has 4 rings (SSSR count). The molecule has 2 amide bonds. The molecule has 1 atom stereocenters. The van der Waals surface area contributed by atoms with E-state index < -0.39 is 48.7 Å². The zero-order valence-electron chi connectivity index (χ0n) is 18.4. The monoisotopic (exact) mass is 468 g/mol. The van der Waals surface area contributed by atoms with Crippen LogP contribution in [0.3, 0.4) is 0 Å². The number of benzene rings is 2. The summed E-state index contributed by atoms with van der Waals surface area (Å²) in [5.74, 6) is -3.59. The molecule has 1 fully saturated rings. The lowest BCUT2D eigenvalue weighted by molar-refractivity contribution is -0.183. The number of nitrogens with zero attached hydrogens (tertiary/aromatic N) is 1. The molecule has 34 heavy (non-hydrogen) atoms. The van der Waals surface area contributed by atoms with Crippen molar-refractivity contribution in [2.45, 2.75) is 24.5 Å². The highest BCUT2D eigenvalue weighted by Gasteiger charge is 2.52. The zero-order valence-corrected chi connectivity index (χ0v) is 18.4. The predicted molar refractivity (Wildman–Crippen MR) is 118 cm³/mol. The maximum Gasteiger partial charge on any atom is 0.408 e. The van der Waals surface area contributed by atoms with Crippen LogP contribution in [-0.4, -0.2) is 77.0 Å². The van der Waals surface area contributed by atoms with Crippen molar-refractivity contribution in [2.24, 2.45) is 0 Å². The minimum atomic E-state index is -2.08. The summed E-state index contributed by atoms with van der Waals surface area (Å²) in [6.07, 6.45) is -0.998. The van der Waals surface area contributed by atoms with E-state index in [1.807, 2.05) is 48.5 Å². The Labute approximate surface area is 195 Å². The van der Waals surface area contributed by atoms with Gasteiger partial charge in [0.2, 0.25) is 6.04 Å². The number of likely N-dealkylation sites (tertiary alicyclic amines) is 1. The molecule has 178 valence electrons. The maximum atomic E-state index is 12.7. The molecule has 1 unspecified atom stereocenters. The van der Waals surface area contributed by atoms with E-state index in [0.29, 0.717) is 0 Å². The number of carboxylic acids is 1. The smallest absolute Gasteiger partial charge is 0.408 e. The number of aliphatic hydroxyl groups is 1. The van der Waals surface area contributed by atoms with Gasteiger partial charge in [-0.2, -0.15) is 0 Å². The number of amides is 2. The second-order valence-corrected chi connectivity index (χ2v) is 8.19. The van der Waals surface area contributed by atoms with Gasteiger partial charge in [-0.05, 0) is 29.2 Å². The summed E-state index contributed by atoms with van der Waals surface area (Å²) in [6, 6.07) is 13.8. The highest BCUT2D eigenvalue weighted by Crippen LogP contribution is 2.44. The highest BCUT2D eigenvalue weighted by molar-refractivity contribution is 6.05. The Morgan fingerprint density at radius 1 is 1.03 bits per heavy atom. The summed E-state index contributed by atoms with van der Waals surface area (Å²) in [7, 11) is 0. The molecule has 2 aliphatic rings. The van der Waals surface area contributed by atoms with E-state index in [2.05, 4.69) is 5.32 Å². The molecule has 2 aromatic rings. The van der Waals surface area contributed by atoms with Crippen molar-refractivity contribution in [2.75, 3.05) is 26.3 Å². The van der Waals surface area contributed by atoms with Gasteiger partial charge in [-0.15, -0.1) is 0 Å². The SMILES string of the molecule is CCOC(=O)C(NC(=O)OCC1c2ccccc2-c2ccccc21)C(=O)N1CC(O)(C(=O)O)C1. The normalized spacial score (nSPS) is 16.5. The number of carboxylic acid groups (broad SMARTS) is 1. The molecule has 1 saturated heterocycles. The van der Waals surface area contributed by atoms with E-state index >= 15 is 0 Å². The average Bonchev–Trinajstić information content (AvgIpc) is 3.12. The lowest BCUT2D eigenvalue weighted by atomic mass is 9.93. The van der Waals surface area contributed by atoms with Crippen molar-refractivity contribution in [3.05, 3.63) is 59.7 Å². The van der Waals surface area contributed by atoms with Crippen molar-refractivity contribution in [1.82, 2.24) is 10.2 Å². The number of fused-ring (bicyclic) bond motifs is 3. The summed E-state index contributed by atoms with van der Waals surface area (Å²) in [4.78, 5) is 49.6. The Morgan fingerprint density at radius 3 is 2.12 bits per heavy atom. The molecule has 10 heteroatoms. The van der Waals surface area contributed by atoms with Crippen LogP contribution in [0.1, 0.15) is 24.0 Å². The van der Waals surface area contributed by atoms with Crippen LogP contribution in [0.25, 0.3) is 11.1 Å². The minimum Gasteiger partial charge on any atom is -0.479 e. The average molecular weight is 468 g/mol. The van der Waals surface area contributed by atoms with Crippen LogP contribution in [0.2, 0.25) is 0 Å². The van der Waals surface area contributed by atoms with Crippen molar-refractivity contribution in [3.8, 4) is 11.1 Å². The van der Waals surface area contributed by atoms with Crippen LogP contribution < -0.4 is 5.32 Å². The van der Waals surface area contributed by atoms with Crippen LogP contribution in [0.15, 0.2) is 48.5 Å². The summed E-state index contributed by atoms with van der Waals surface area (Å²) in [5.41, 5.74) is 2.02. The van der Waals surface area contributed by atoms with E-state index in [9.17, 15) is 24.3 Å². The second-order valence-electron chi connectivity index (χ2n) is 8.19. The molecule has 0 saturated carbocycles. The van der Waals surface area contributed by atoms with Gasteiger partial charge >= 0.3 is 18.0 Å². The molecular weight excluding hydrogens is 444 g/mol. The van der Waals surface area contributed by atoms with Crippen LogP contribution >= 0.6 is 0 Å². The second kappa shape index (κ2) is 9.14. The summed E-state index contributed by atoms with van der Waals surface area (Å²) in [5, 5.41) is 21.1. The first-order valence-electron chi connectivity index (χ1n) is 10.8. The van der Waals surface area contributed by atoms with Gasteiger partial charge in [0.05, 0.1) is 19.7 Å². The number of ether oxygens (including phenoxy) is 2. The molecule has 2 aromatic carbocycles. The quantitative estimate of drug-likeness (QED) is 0.405. The summed E-state index contributed by atoms with van der Waals surface area (Å²) in [6.45, 7) is 0.465. The number of alkyl carbamates (subject to hydrolysis) is 1. The van der Waals surface area contributed by atoms with E-state index in [4.69, 9.17) is 14.6 Å². The predicted octanol–water partition coefficient (Wildman–Crippen LogP) is 1.11. The van der Waals surface area contributed by atoms with E-state index in [-0.39, 0.29) is 19.1 Å². The van der Waals surface area contributed by atoms with Crippen LogP contribution in [0, 0.1) is 0 Å². The van der Waals surface area contributed by atoms with E-state index in [1.165, 1.54) is 0 Å². The van der Waals surface area contributed by atoms with Crippen LogP contribution in [0.5, 0.6) is 0 Å². The van der Waals surface area contributed by atoms with E-state index in [1.54, 1.807) is 6.92 Å². The number of hydrogen-bond donors (Lipinski definition) is 3. The fraction of sp³-hybridized carbons (Fsp3) is 0.333. The fourth-order valence-corrected chi connectivity index (χ4v) is 4.26. The third-order valence-electron chi connectivity index (χ3n) is 5.99. The number of esters is 1. The molecule has 0 bridgehead atoms. The first-order chi connectivity index (χ1) is 16.2. The van der Waals surface area contributed by atoms with Crippen LogP contribution in [0.4, 0.5) is 4.79 Å². The number of carbonyl (C=O) groups excluding carboxylic acids is 3. The number of β-amino-alcohol motifs (C(OH)–C–C–N with tert-alkyl or cyclic N) is 1. The molecule has 10 nitrogen and oxygen atoms in total. The van der Waals surface area contributed by atoms with E-state index in [0.717, 1.165) is 27.2 Å². The molecular formula is C24H24N2O8. The molecule has 1 heterocycles. The molecule has 1 aliphatic carbocycles. The molecule has 3 N–H and O–H groups in total. The van der Waals surface area contributed by atoms with Crippen LogP contribution in [-0.2, 0) is 23.9 Å². The third-order valence-corrected chi connectivity index (χ3v) is 5.99. The highest BCUT2D eigenvalue weighted by atomic mass is 16.6. The van der Waals surface area contributed by atoms with Crippen molar-refractivity contribution in [3.63, 3.8) is 0 Å².